The summed E-state index contributed by atoms with van der Waals surface area (Å²) in [5.74, 6) is -1.29. The van der Waals surface area contributed by atoms with Crippen LogP contribution in [0.15, 0.2) is 17.5 Å². The van der Waals surface area contributed by atoms with Crippen LogP contribution in [0, 0.1) is 5.92 Å². The van der Waals surface area contributed by atoms with E-state index in [4.69, 9.17) is 0 Å². The van der Waals surface area contributed by atoms with Crippen LogP contribution in [0.1, 0.15) is 49.9 Å². The molecule has 0 spiro atoms. The first-order chi connectivity index (χ1) is 10.1. The molecule has 1 aliphatic carbocycles. The molecule has 3 atom stereocenters. The van der Waals surface area contributed by atoms with Gasteiger partial charge in [0.1, 0.15) is 0 Å². The molecule has 21 heavy (non-hydrogen) atoms. The summed E-state index contributed by atoms with van der Waals surface area (Å²) >= 11 is 1.59. The quantitative estimate of drug-likeness (QED) is 0.748. The Morgan fingerprint density at radius 2 is 2.10 bits per heavy atom. The van der Waals surface area contributed by atoms with Crippen LogP contribution in [0.3, 0.4) is 0 Å². The summed E-state index contributed by atoms with van der Waals surface area (Å²) in [6, 6.07) is 3.29. The van der Waals surface area contributed by atoms with Crippen LogP contribution in [0.5, 0.6) is 0 Å². The van der Waals surface area contributed by atoms with E-state index in [9.17, 15) is 14.7 Å². The summed E-state index contributed by atoms with van der Waals surface area (Å²) in [5, 5.41) is 17.0. The number of carboxylic acids is 1. The fourth-order valence-electron chi connectivity index (χ4n) is 2.79. The molecule has 0 bridgehead atoms. The molecule has 1 heterocycles. The molecular formula is C15H22N2O3S. The van der Waals surface area contributed by atoms with Crippen molar-refractivity contribution in [1.82, 2.24) is 10.6 Å². The maximum Gasteiger partial charge on any atom is 0.315 e. The second-order valence-electron chi connectivity index (χ2n) is 5.54. The molecule has 6 heteroatoms. The van der Waals surface area contributed by atoms with Crippen LogP contribution in [-0.2, 0) is 4.79 Å². The summed E-state index contributed by atoms with van der Waals surface area (Å²) in [5.41, 5.74) is 0. The van der Waals surface area contributed by atoms with Crippen LogP contribution in [0.25, 0.3) is 0 Å². The second kappa shape index (κ2) is 7.45. The van der Waals surface area contributed by atoms with Crippen LogP contribution in [0.4, 0.5) is 4.79 Å². The normalized spacial score (nSPS) is 23.9. The first-order valence-corrected chi connectivity index (χ1v) is 8.29. The number of thiophene rings is 1. The van der Waals surface area contributed by atoms with Crippen LogP contribution in [-0.4, -0.2) is 23.1 Å². The molecule has 1 aromatic heterocycles. The van der Waals surface area contributed by atoms with Gasteiger partial charge in [-0.3, -0.25) is 4.79 Å². The third kappa shape index (κ3) is 4.46. The Labute approximate surface area is 128 Å². The largest absolute Gasteiger partial charge is 0.481 e. The third-order valence-electron chi connectivity index (χ3n) is 3.97. The van der Waals surface area contributed by atoms with Gasteiger partial charge in [0, 0.05) is 10.9 Å². The number of carbonyl (C=O) groups is 2. The molecule has 0 radical (unpaired) electrons. The van der Waals surface area contributed by atoms with Crippen LogP contribution in [0.2, 0.25) is 0 Å². The van der Waals surface area contributed by atoms with Crippen molar-refractivity contribution in [2.45, 2.75) is 51.1 Å². The van der Waals surface area contributed by atoms with Crippen molar-refractivity contribution in [1.29, 1.82) is 0 Å². The maximum atomic E-state index is 12.1. The van der Waals surface area contributed by atoms with E-state index < -0.39 is 11.9 Å². The van der Waals surface area contributed by atoms with Gasteiger partial charge in [-0.1, -0.05) is 25.3 Å². The number of carboxylic acid groups (broad SMARTS) is 1. The number of rotatable bonds is 4. The van der Waals surface area contributed by atoms with E-state index in [2.05, 4.69) is 10.6 Å². The van der Waals surface area contributed by atoms with Crippen molar-refractivity contribution < 1.29 is 14.7 Å². The Hall–Kier alpha value is -1.56. The van der Waals surface area contributed by atoms with Crippen molar-refractivity contribution >= 4 is 23.3 Å². The van der Waals surface area contributed by atoms with Gasteiger partial charge in [0.25, 0.3) is 0 Å². The van der Waals surface area contributed by atoms with Gasteiger partial charge in [-0.25, -0.2) is 4.79 Å². The molecule has 0 aromatic carbocycles. The molecule has 2 amide bonds. The molecule has 1 aliphatic rings. The second-order valence-corrected chi connectivity index (χ2v) is 6.52. The highest BCUT2D eigenvalue weighted by Gasteiger charge is 2.30. The van der Waals surface area contributed by atoms with Crippen molar-refractivity contribution in [3.8, 4) is 0 Å². The Balaban J connectivity index is 1.91. The molecule has 2 rings (SSSR count). The number of hydrogen-bond acceptors (Lipinski definition) is 3. The zero-order valence-electron chi connectivity index (χ0n) is 12.2. The molecule has 1 fully saturated rings. The summed E-state index contributed by atoms with van der Waals surface area (Å²) in [4.78, 5) is 24.5. The molecule has 116 valence electrons. The molecule has 0 aliphatic heterocycles. The topological polar surface area (TPSA) is 78.4 Å². The van der Waals surface area contributed by atoms with Crippen LogP contribution >= 0.6 is 11.3 Å². The fraction of sp³-hybridized carbons (Fsp3) is 0.600. The van der Waals surface area contributed by atoms with Crippen molar-refractivity contribution in [2.75, 3.05) is 0 Å². The average molecular weight is 310 g/mol. The maximum absolute atomic E-state index is 12.1. The zero-order valence-corrected chi connectivity index (χ0v) is 13.0. The lowest BCUT2D eigenvalue weighted by molar-refractivity contribution is -0.142. The van der Waals surface area contributed by atoms with E-state index in [1.807, 2.05) is 24.4 Å². The molecule has 1 saturated carbocycles. The Morgan fingerprint density at radius 1 is 1.33 bits per heavy atom. The Kier molecular flexibility index (Phi) is 5.61. The minimum absolute atomic E-state index is 0.0703. The molecule has 3 unspecified atom stereocenters. The number of carbonyl (C=O) groups excluding carboxylic acids is 1. The van der Waals surface area contributed by atoms with Gasteiger partial charge in [-0.2, -0.15) is 0 Å². The van der Waals surface area contributed by atoms with Gasteiger partial charge in [0.15, 0.2) is 0 Å². The van der Waals surface area contributed by atoms with E-state index in [1.54, 1.807) is 11.3 Å². The lowest BCUT2D eigenvalue weighted by Crippen LogP contribution is -2.47. The van der Waals surface area contributed by atoms with Crippen LogP contribution < -0.4 is 10.6 Å². The minimum Gasteiger partial charge on any atom is -0.481 e. The highest BCUT2D eigenvalue weighted by Crippen LogP contribution is 2.24. The summed E-state index contributed by atoms with van der Waals surface area (Å²) < 4.78 is 0. The fourth-order valence-corrected chi connectivity index (χ4v) is 3.53. The van der Waals surface area contributed by atoms with Gasteiger partial charge in [0.05, 0.1) is 12.0 Å². The smallest absolute Gasteiger partial charge is 0.315 e. The molecule has 0 saturated heterocycles. The predicted molar refractivity (Wildman–Crippen MR) is 82.4 cm³/mol. The van der Waals surface area contributed by atoms with E-state index in [0.717, 1.165) is 30.6 Å². The summed E-state index contributed by atoms with van der Waals surface area (Å²) in [7, 11) is 0. The minimum atomic E-state index is -0.812. The van der Waals surface area contributed by atoms with Crippen molar-refractivity contribution in [2.24, 2.45) is 5.92 Å². The van der Waals surface area contributed by atoms with E-state index >= 15 is 0 Å². The number of amides is 2. The number of nitrogens with one attached hydrogen (secondary N) is 2. The highest BCUT2D eigenvalue weighted by atomic mass is 32.1. The lowest BCUT2D eigenvalue weighted by atomic mass is 9.95. The lowest BCUT2D eigenvalue weighted by Gasteiger charge is -2.24. The number of urea groups is 1. The van der Waals surface area contributed by atoms with Gasteiger partial charge < -0.3 is 15.7 Å². The standard InChI is InChI=1S/C15H22N2O3S/c1-10(13-8-5-9-21-13)16-15(20)17-12-7-4-2-3-6-11(12)14(18)19/h5,8-12H,2-4,6-7H2,1H3,(H,18,19)(H2,16,17,20). The van der Waals surface area contributed by atoms with E-state index in [-0.39, 0.29) is 18.1 Å². The van der Waals surface area contributed by atoms with Gasteiger partial charge in [-0.15, -0.1) is 11.3 Å². The monoisotopic (exact) mass is 310 g/mol. The first-order valence-electron chi connectivity index (χ1n) is 7.41. The average Bonchev–Trinajstić information content (AvgIpc) is 2.86. The van der Waals surface area contributed by atoms with Gasteiger partial charge >= 0.3 is 12.0 Å². The molecular weight excluding hydrogens is 288 g/mol. The van der Waals surface area contributed by atoms with E-state index in [1.165, 1.54) is 0 Å². The Morgan fingerprint density at radius 3 is 2.76 bits per heavy atom. The summed E-state index contributed by atoms with van der Waals surface area (Å²) in [6.45, 7) is 1.92. The summed E-state index contributed by atoms with van der Waals surface area (Å²) in [6.07, 6.45) is 4.30. The molecule has 3 N–H and O–H groups in total. The zero-order chi connectivity index (χ0) is 15.2. The number of aliphatic carboxylic acids is 1. The first kappa shape index (κ1) is 15.8. The third-order valence-corrected chi connectivity index (χ3v) is 5.02. The Bertz CT molecular complexity index is 475. The van der Waals surface area contributed by atoms with Gasteiger partial charge in [0.2, 0.25) is 0 Å². The number of hydrogen-bond donors (Lipinski definition) is 3. The van der Waals surface area contributed by atoms with Crippen molar-refractivity contribution in [3.63, 3.8) is 0 Å². The van der Waals surface area contributed by atoms with Gasteiger partial charge in [-0.05, 0) is 31.2 Å². The highest BCUT2D eigenvalue weighted by molar-refractivity contribution is 7.10. The SMILES string of the molecule is CC(NC(=O)NC1CCCCCC1C(=O)O)c1cccs1. The molecule has 1 aromatic rings. The molecule has 5 nitrogen and oxygen atoms in total. The predicted octanol–water partition coefficient (Wildman–Crippen LogP) is 3.14. The van der Waals surface area contributed by atoms with E-state index in [0.29, 0.717) is 6.42 Å². The van der Waals surface area contributed by atoms with Crippen molar-refractivity contribution in [3.05, 3.63) is 22.4 Å².